The van der Waals surface area contributed by atoms with Gasteiger partial charge in [-0.2, -0.15) is 0 Å². The molecule has 0 N–H and O–H groups in total. The predicted octanol–water partition coefficient (Wildman–Crippen LogP) is 3.49. The third kappa shape index (κ3) is 10.3. The minimum atomic E-state index is -0.796. The van der Waals surface area contributed by atoms with Crippen LogP contribution in [0.25, 0.3) is 0 Å². The number of allylic oxidation sites excluding steroid dienone is 2. The molecule has 0 aromatic carbocycles. The Morgan fingerprint density at radius 1 is 1.38 bits per heavy atom. The molecule has 0 bridgehead atoms. The van der Waals surface area contributed by atoms with Gasteiger partial charge in [0.2, 0.25) is 0 Å². The number of halogens is 1. The molecular weight excluding hydrogens is 244 g/mol. The molecular formula is C10H21BrOSi. The highest BCUT2D eigenvalue weighted by atomic mass is 79.9. The van der Waals surface area contributed by atoms with Crippen molar-refractivity contribution in [1.82, 2.24) is 0 Å². The number of hydrogen-bond donors (Lipinski definition) is 0. The second kappa shape index (κ2) is 5.99. The van der Waals surface area contributed by atoms with Gasteiger partial charge in [-0.3, -0.25) is 0 Å². The van der Waals surface area contributed by atoms with Crippen molar-refractivity contribution in [2.24, 2.45) is 0 Å². The van der Waals surface area contributed by atoms with Gasteiger partial charge in [-0.25, -0.2) is 0 Å². The molecule has 0 amide bonds. The Kier molecular flexibility index (Phi) is 6.17. The fraction of sp³-hybridized carbons (Fsp3) is 0.800. The van der Waals surface area contributed by atoms with E-state index in [9.17, 15) is 0 Å². The van der Waals surface area contributed by atoms with Crippen LogP contribution in [0.4, 0.5) is 0 Å². The van der Waals surface area contributed by atoms with E-state index in [1.165, 1.54) is 6.42 Å². The highest BCUT2D eigenvalue weighted by Crippen LogP contribution is 2.15. The van der Waals surface area contributed by atoms with Gasteiger partial charge in [0.05, 0.1) is 0 Å². The molecule has 0 saturated heterocycles. The van der Waals surface area contributed by atoms with Crippen LogP contribution in [-0.4, -0.2) is 19.5 Å². The lowest BCUT2D eigenvalue weighted by Crippen LogP contribution is -2.25. The van der Waals surface area contributed by atoms with Crippen LogP contribution in [0.3, 0.4) is 0 Å². The molecule has 13 heavy (non-hydrogen) atoms. The van der Waals surface area contributed by atoms with E-state index in [0.29, 0.717) is 4.83 Å². The first-order chi connectivity index (χ1) is 5.81. The molecule has 1 unspecified atom stereocenters. The van der Waals surface area contributed by atoms with Crippen molar-refractivity contribution in [1.29, 1.82) is 0 Å². The minimum absolute atomic E-state index is 0.0837. The predicted molar refractivity (Wildman–Crippen MR) is 66.2 cm³/mol. The number of rotatable bonds is 1. The van der Waals surface area contributed by atoms with E-state index in [0.717, 1.165) is 0 Å². The molecule has 0 fully saturated rings. The van der Waals surface area contributed by atoms with Gasteiger partial charge >= 0.3 is 0 Å². The van der Waals surface area contributed by atoms with Gasteiger partial charge in [-0.15, -0.1) is 0 Å². The normalized spacial score (nSPS) is 20.7. The highest BCUT2D eigenvalue weighted by molar-refractivity contribution is 9.09. The third-order valence-electron chi connectivity index (χ3n) is 1.30. The molecule has 0 radical (unpaired) electrons. The summed E-state index contributed by atoms with van der Waals surface area (Å²) >= 11 is 3.37. The van der Waals surface area contributed by atoms with E-state index in [1.54, 1.807) is 0 Å². The van der Waals surface area contributed by atoms with Crippen LogP contribution in [0.1, 0.15) is 27.2 Å². The Balaban J connectivity index is 0.000000243. The van der Waals surface area contributed by atoms with Gasteiger partial charge in [-0.1, -0.05) is 28.1 Å². The van der Waals surface area contributed by atoms with Gasteiger partial charge in [-0.05, 0) is 40.3 Å². The van der Waals surface area contributed by atoms with E-state index < -0.39 is 9.04 Å². The molecule has 0 saturated carbocycles. The summed E-state index contributed by atoms with van der Waals surface area (Å²) in [6.45, 7) is 10.7. The first-order valence-electron chi connectivity index (χ1n) is 4.80. The van der Waals surface area contributed by atoms with Crippen LogP contribution < -0.4 is 0 Å². The zero-order valence-corrected chi connectivity index (χ0v) is 12.0. The summed E-state index contributed by atoms with van der Waals surface area (Å²) in [5, 5.41) is 0. The highest BCUT2D eigenvalue weighted by Gasteiger charge is 2.11. The van der Waals surface area contributed by atoms with E-state index in [1.807, 2.05) is 0 Å². The van der Waals surface area contributed by atoms with Gasteiger partial charge < -0.3 is 4.43 Å². The molecule has 1 rings (SSSR count). The topological polar surface area (TPSA) is 9.23 Å². The lowest BCUT2D eigenvalue weighted by molar-refractivity contribution is 0.132. The monoisotopic (exact) mass is 264 g/mol. The summed E-state index contributed by atoms with van der Waals surface area (Å²) in [5.41, 5.74) is 0.0837. The van der Waals surface area contributed by atoms with Crippen LogP contribution in [0.15, 0.2) is 12.2 Å². The van der Waals surface area contributed by atoms with E-state index >= 15 is 0 Å². The molecule has 1 nitrogen and oxygen atoms in total. The maximum Gasteiger partial charge on any atom is 0.171 e. The summed E-state index contributed by atoms with van der Waals surface area (Å²) in [6, 6.07) is 0. The summed E-state index contributed by atoms with van der Waals surface area (Å²) in [6.07, 6.45) is 5.51. The molecule has 3 heteroatoms. The van der Waals surface area contributed by atoms with Crippen molar-refractivity contribution in [3.63, 3.8) is 0 Å². The Labute approximate surface area is 92.4 Å². The van der Waals surface area contributed by atoms with Crippen molar-refractivity contribution in [3.05, 3.63) is 12.2 Å². The molecule has 1 atom stereocenters. The third-order valence-corrected chi connectivity index (χ3v) is 3.15. The van der Waals surface area contributed by atoms with Crippen LogP contribution >= 0.6 is 15.9 Å². The molecule has 0 spiro atoms. The first kappa shape index (κ1) is 13.4. The Morgan fingerprint density at radius 2 is 1.77 bits per heavy atom. The van der Waals surface area contributed by atoms with Crippen LogP contribution in [0.2, 0.25) is 13.1 Å². The molecule has 1 aliphatic carbocycles. The molecule has 0 aromatic heterocycles. The van der Waals surface area contributed by atoms with Crippen LogP contribution in [0, 0.1) is 0 Å². The van der Waals surface area contributed by atoms with Crippen molar-refractivity contribution >= 4 is 25.0 Å². The molecule has 0 heterocycles. The lowest BCUT2D eigenvalue weighted by Gasteiger charge is -2.22. The fourth-order valence-corrected chi connectivity index (χ4v) is 2.79. The first-order valence-corrected chi connectivity index (χ1v) is 8.49. The largest absolute Gasteiger partial charge is 0.416 e. The molecule has 1 aliphatic rings. The smallest absolute Gasteiger partial charge is 0.171 e. The Hall–Kier alpha value is 0.397. The lowest BCUT2D eigenvalue weighted by atomic mass is 10.1. The Bertz CT molecular complexity index is 161. The van der Waals surface area contributed by atoms with E-state index in [-0.39, 0.29) is 5.60 Å². The number of alkyl halides is 1. The second-order valence-electron chi connectivity index (χ2n) is 4.46. The molecule has 0 aliphatic heterocycles. The summed E-state index contributed by atoms with van der Waals surface area (Å²) in [5.74, 6) is 0. The maximum atomic E-state index is 5.58. The summed E-state index contributed by atoms with van der Waals surface area (Å²) < 4.78 is 5.58. The summed E-state index contributed by atoms with van der Waals surface area (Å²) in [7, 11) is -0.796. The maximum absolute atomic E-state index is 5.58. The van der Waals surface area contributed by atoms with Gasteiger partial charge in [0.15, 0.2) is 9.04 Å². The average Bonchev–Trinajstić information content (AvgIpc) is 1.78. The zero-order valence-electron chi connectivity index (χ0n) is 9.30. The average molecular weight is 265 g/mol. The standard InChI is InChI=1S/C6H16OSi.C4H5Br/c1-6(2,3)7-8(4)5;5-4-2-1-3-4/h8H,1-5H3;1-2,4H,3H2. The van der Waals surface area contributed by atoms with Crippen LogP contribution in [0.5, 0.6) is 0 Å². The SMILES string of the molecule is BrC1C=CC1.C[SiH](C)OC(C)(C)C. The van der Waals surface area contributed by atoms with Crippen molar-refractivity contribution in [2.45, 2.75) is 50.7 Å². The van der Waals surface area contributed by atoms with Crippen molar-refractivity contribution in [2.75, 3.05) is 0 Å². The van der Waals surface area contributed by atoms with Crippen molar-refractivity contribution < 1.29 is 4.43 Å². The summed E-state index contributed by atoms with van der Waals surface area (Å²) in [4.78, 5) is 0.697. The van der Waals surface area contributed by atoms with Gasteiger partial charge in [0, 0.05) is 10.4 Å². The minimum Gasteiger partial charge on any atom is -0.416 e. The molecule has 78 valence electrons. The molecule has 0 aromatic rings. The van der Waals surface area contributed by atoms with Gasteiger partial charge in [0.25, 0.3) is 0 Å². The quantitative estimate of drug-likeness (QED) is 0.400. The van der Waals surface area contributed by atoms with Crippen LogP contribution in [-0.2, 0) is 4.43 Å². The fourth-order valence-electron chi connectivity index (χ4n) is 0.946. The van der Waals surface area contributed by atoms with Gasteiger partial charge in [0.1, 0.15) is 0 Å². The Morgan fingerprint density at radius 3 is 1.77 bits per heavy atom. The van der Waals surface area contributed by atoms with E-state index in [2.05, 4.69) is 61.9 Å². The van der Waals surface area contributed by atoms with E-state index in [4.69, 9.17) is 4.43 Å². The number of hydrogen-bond acceptors (Lipinski definition) is 1. The zero-order chi connectivity index (χ0) is 10.5. The second-order valence-corrected chi connectivity index (χ2v) is 7.97. The van der Waals surface area contributed by atoms with Crippen molar-refractivity contribution in [3.8, 4) is 0 Å².